The molecule has 2 rings (SSSR count). The Morgan fingerprint density at radius 1 is 1.17 bits per heavy atom. The van der Waals surface area contributed by atoms with Crippen LogP contribution in [0.4, 0.5) is 0 Å². The molecule has 0 aliphatic heterocycles. The molecule has 0 unspecified atom stereocenters. The molecule has 0 saturated heterocycles. The van der Waals surface area contributed by atoms with E-state index < -0.39 is 0 Å². The maximum atomic E-state index is 8.78. The van der Waals surface area contributed by atoms with Crippen molar-refractivity contribution < 1.29 is 4.74 Å². The Morgan fingerprint density at radius 2 is 1.89 bits per heavy atom. The van der Waals surface area contributed by atoms with Crippen LogP contribution in [0.1, 0.15) is 11.1 Å². The summed E-state index contributed by atoms with van der Waals surface area (Å²) in [5.74, 6) is 0.782. The molecule has 0 aromatic heterocycles. The van der Waals surface area contributed by atoms with Crippen LogP contribution in [0, 0.1) is 14.9 Å². The zero-order valence-corrected chi connectivity index (χ0v) is 12.3. The van der Waals surface area contributed by atoms with Crippen molar-refractivity contribution in [3.05, 3.63) is 62.2 Å². The lowest BCUT2D eigenvalue weighted by Gasteiger charge is -2.08. The fourth-order valence-electron chi connectivity index (χ4n) is 1.43. The molecule has 0 atom stereocenters. The monoisotopic (exact) mass is 369 g/mol. The van der Waals surface area contributed by atoms with E-state index in [0.29, 0.717) is 17.2 Å². The van der Waals surface area contributed by atoms with Gasteiger partial charge in [0.2, 0.25) is 0 Å². The SMILES string of the molecule is N#Cc1ccc(OCc2ccc(Cl)cc2)c(I)c1. The lowest BCUT2D eigenvalue weighted by molar-refractivity contribution is 0.304. The van der Waals surface area contributed by atoms with E-state index in [9.17, 15) is 0 Å². The summed E-state index contributed by atoms with van der Waals surface area (Å²) in [4.78, 5) is 0. The summed E-state index contributed by atoms with van der Waals surface area (Å²) >= 11 is 7.97. The van der Waals surface area contributed by atoms with E-state index in [4.69, 9.17) is 21.6 Å². The molecule has 90 valence electrons. The number of halogens is 2. The fraction of sp³-hybridized carbons (Fsp3) is 0.0714. The van der Waals surface area contributed by atoms with Gasteiger partial charge >= 0.3 is 0 Å². The van der Waals surface area contributed by atoms with Crippen molar-refractivity contribution in [1.82, 2.24) is 0 Å². The van der Waals surface area contributed by atoms with Gasteiger partial charge < -0.3 is 4.74 Å². The molecule has 0 heterocycles. The Labute approximate surface area is 124 Å². The highest BCUT2D eigenvalue weighted by Gasteiger charge is 2.03. The average Bonchev–Trinajstić information content (AvgIpc) is 2.39. The highest BCUT2D eigenvalue weighted by Crippen LogP contribution is 2.23. The zero-order valence-electron chi connectivity index (χ0n) is 9.36. The third-order valence-corrected chi connectivity index (χ3v) is 3.46. The van der Waals surface area contributed by atoms with Gasteiger partial charge in [0.05, 0.1) is 15.2 Å². The van der Waals surface area contributed by atoms with Crippen LogP contribution in [0.5, 0.6) is 5.75 Å². The van der Waals surface area contributed by atoms with Crippen LogP contribution in [0.3, 0.4) is 0 Å². The predicted molar refractivity (Wildman–Crippen MR) is 79.7 cm³/mol. The second-order valence-electron chi connectivity index (χ2n) is 3.67. The number of hydrogen-bond acceptors (Lipinski definition) is 2. The molecule has 0 saturated carbocycles. The van der Waals surface area contributed by atoms with E-state index in [1.54, 1.807) is 12.1 Å². The number of benzene rings is 2. The summed E-state index contributed by atoms with van der Waals surface area (Å²) in [5.41, 5.74) is 1.69. The molecule has 2 nitrogen and oxygen atoms in total. The number of nitrogens with zero attached hydrogens (tertiary/aromatic N) is 1. The predicted octanol–water partition coefficient (Wildman–Crippen LogP) is 4.40. The van der Waals surface area contributed by atoms with Crippen LogP contribution in [0.25, 0.3) is 0 Å². The molecular weight excluding hydrogens is 361 g/mol. The highest BCUT2D eigenvalue weighted by molar-refractivity contribution is 14.1. The second-order valence-corrected chi connectivity index (χ2v) is 5.27. The number of nitriles is 1. The van der Waals surface area contributed by atoms with Crippen molar-refractivity contribution in [2.24, 2.45) is 0 Å². The largest absolute Gasteiger partial charge is 0.488 e. The lowest BCUT2D eigenvalue weighted by Crippen LogP contribution is -1.97. The lowest BCUT2D eigenvalue weighted by atomic mass is 10.2. The Kier molecular flexibility index (Phi) is 4.45. The van der Waals surface area contributed by atoms with Gasteiger partial charge in [-0.25, -0.2) is 0 Å². The smallest absolute Gasteiger partial charge is 0.133 e. The number of hydrogen-bond donors (Lipinski definition) is 0. The summed E-state index contributed by atoms with van der Waals surface area (Å²) in [6.07, 6.45) is 0. The summed E-state index contributed by atoms with van der Waals surface area (Å²) in [7, 11) is 0. The molecule has 2 aromatic rings. The van der Waals surface area contributed by atoms with E-state index in [-0.39, 0.29) is 0 Å². The molecule has 0 bridgehead atoms. The van der Waals surface area contributed by atoms with Gasteiger partial charge in [-0.2, -0.15) is 5.26 Å². The van der Waals surface area contributed by atoms with E-state index in [1.165, 1.54) is 0 Å². The van der Waals surface area contributed by atoms with Crippen LogP contribution in [-0.4, -0.2) is 0 Å². The summed E-state index contributed by atoms with van der Waals surface area (Å²) in [6.45, 7) is 0.485. The quantitative estimate of drug-likeness (QED) is 0.752. The Hall–Kier alpha value is -1.25. The third kappa shape index (κ3) is 3.37. The minimum Gasteiger partial charge on any atom is -0.488 e. The summed E-state index contributed by atoms with van der Waals surface area (Å²) in [6, 6.07) is 15.0. The van der Waals surface area contributed by atoms with Crippen molar-refractivity contribution >= 4 is 34.2 Å². The van der Waals surface area contributed by atoms with Crippen molar-refractivity contribution in [3.63, 3.8) is 0 Å². The molecule has 0 amide bonds. The van der Waals surface area contributed by atoms with E-state index in [2.05, 4.69) is 28.7 Å². The maximum absolute atomic E-state index is 8.78. The van der Waals surface area contributed by atoms with Crippen LogP contribution in [0.2, 0.25) is 5.02 Å². The van der Waals surface area contributed by atoms with Gasteiger partial charge in [-0.3, -0.25) is 0 Å². The van der Waals surface area contributed by atoms with Crippen LogP contribution in [0.15, 0.2) is 42.5 Å². The van der Waals surface area contributed by atoms with Gasteiger partial charge in [-0.1, -0.05) is 23.7 Å². The summed E-state index contributed by atoms with van der Waals surface area (Å²) < 4.78 is 6.63. The van der Waals surface area contributed by atoms with Crippen molar-refractivity contribution in [2.75, 3.05) is 0 Å². The van der Waals surface area contributed by atoms with Gasteiger partial charge in [-0.05, 0) is 58.5 Å². The number of rotatable bonds is 3. The average molecular weight is 370 g/mol. The van der Waals surface area contributed by atoms with Crippen LogP contribution < -0.4 is 4.74 Å². The minimum absolute atomic E-state index is 0.485. The minimum atomic E-state index is 0.485. The standard InChI is InChI=1S/C14H9ClINO/c15-12-4-1-10(2-5-12)9-18-14-6-3-11(8-17)7-13(14)16/h1-7H,9H2. The first-order chi connectivity index (χ1) is 8.69. The maximum Gasteiger partial charge on any atom is 0.133 e. The molecule has 18 heavy (non-hydrogen) atoms. The molecule has 0 aliphatic carbocycles. The highest BCUT2D eigenvalue weighted by atomic mass is 127. The normalized spacial score (nSPS) is 9.83. The first-order valence-electron chi connectivity index (χ1n) is 5.26. The topological polar surface area (TPSA) is 33.0 Å². The zero-order chi connectivity index (χ0) is 13.0. The third-order valence-electron chi connectivity index (χ3n) is 2.37. The molecular formula is C14H9ClINO. The van der Waals surface area contributed by atoms with Gasteiger partial charge in [0.1, 0.15) is 12.4 Å². The van der Waals surface area contributed by atoms with E-state index in [1.807, 2.05) is 30.3 Å². The van der Waals surface area contributed by atoms with Gasteiger partial charge in [0.25, 0.3) is 0 Å². The first-order valence-corrected chi connectivity index (χ1v) is 6.71. The first kappa shape index (κ1) is 13.2. The molecule has 2 aromatic carbocycles. The van der Waals surface area contributed by atoms with Crippen molar-refractivity contribution in [3.8, 4) is 11.8 Å². The Balaban J connectivity index is 2.06. The summed E-state index contributed by atoms with van der Waals surface area (Å²) in [5, 5.41) is 9.49. The van der Waals surface area contributed by atoms with Crippen LogP contribution >= 0.6 is 34.2 Å². The molecule has 0 aliphatic rings. The van der Waals surface area contributed by atoms with Crippen LogP contribution in [-0.2, 0) is 6.61 Å². The van der Waals surface area contributed by atoms with Crippen molar-refractivity contribution in [1.29, 1.82) is 5.26 Å². The Bertz CT molecular complexity index is 590. The molecule has 4 heteroatoms. The second kappa shape index (κ2) is 6.07. The van der Waals surface area contributed by atoms with Gasteiger partial charge in [0.15, 0.2) is 0 Å². The number of ether oxygens (including phenoxy) is 1. The van der Waals surface area contributed by atoms with Gasteiger partial charge in [-0.15, -0.1) is 0 Å². The van der Waals surface area contributed by atoms with E-state index in [0.717, 1.165) is 14.9 Å². The molecule has 0 spiro atoms. The van der Waals surface area contributed by atoms with E-state index >= 15 is 0 Å². The molecule has 0 fully saturated rings. The Morgan fingerprint density at radius 3 is 2.50 bits per heavy atom. The molecule has 0 N–H and O–H groups in total. The fourth-order valence-corrected chi connectivity index (χ4v) is 2.23. The van der Waals surface area contributed by atoms with Crippen molar-refractivity contribution in [2.45, 2.75) is 6.61 Å². The van der Waals surface area contributed by atoms with Gasteiger partial charge in [0, 0.05) is 5.02 Å². The molecule has 0 radical (unpaired) electrons.